The standard InChI is InChI=1S/C22H26N2O3/c1-4-5-9-17-10-8-14-23(17)21(25)20-16(2)13-15-24(22(20)26)18-11-6-7-12-19(18)27-3/h6-8,10-13,15,17H,4-5,9,14H2,1-3H3. The Balaban J connectivity index is 2.01. The predicted octanol–water partition coefficient (Wildman–Crippen LogP) is 3.73. The maximum Gasteiger partial charge on any atom is 0.268 e. The van der Waals surface area contributed by atoms with Crippen LogP contribution >= 0.6 is 0 Å². The van der Waals surface area contributed by atoms with Gasteiger partial charge in [0.1, 0.15) is 11.3 Å². The molecule has 0 N–H and O–H groups in total. The Hall–Kier alpha value is -2.82. The molecule has 1 amide bonds. The van der Waals surface area contributed by atoms with E-state index in [1.165, 1.54) is 4.57 Å². The van der Waals surface area contributed by atoms with Crippen LogP contribution in [-0.2, 0) is 0 Å². The number of rotatable bonds is 6. The number of unbranched alkanes of at least 4 members (excludes halogenated alkanes) is 1. The predicted molar refractivity (Wildman–Crippen MR) is 107 cm³/mol. The Morgan fingerprint density at radius 1 is 1.26 bits per heavy atom. The number of nitrogens with zero attached hydrogens (tertiary/aromatic N) is 2. The van der Waals surface area contributed by atoms with Gasteiger partial charge in [-0.1, -0.05) is 44.1 Å². The number of hydrogen-bond acceptors (Lipinski definition) is 3. The molecule has 3 rings (SSSR count). The van der Waals surface area contributed by atoms with Gasteiger partial charge in [-0.2, -0.15) is 0 Å². The van der Waals surface area contributed by atoms with Gasteiger partial charge >= 0.3 is 0 Å². The van der Waals surface area contributed by atoms with E-state index in [9.17, 15) is 9.59 Å². The Kier molecular flexibility index (Phi) is 5.79. The minimum atomic E-state index is -0.314. The first-order valence-corrected chi connectivity index (χ1v) is 9.41. The number of aromatic nitrogens is 1. The molecular weight excluding hydrogens is 340 g/mol. The fourth-order valence-corrected chi connectivity index (χ4v) is 3.52. The lowest BCUT2D eigenvalue weighted by Crippen LogP contribution is -2.40. The van der Waals surface area contributed by atoms with Crippen LogP contribution in [0.2, 0.25) is 0 Å². The van der Waals surface area contributed by atoms with Crippen molar-refractivity contribution < 1.29 is 9.53 Å². The molecule has 2 aromatic rings. The van der Waals surface area contributed by atoms with Gasteiger partial charge < -0.3 is 9.64 Å². The second-order valence-electron chi connectivity index (χ2n) is 6.82. The number of ether oxygens (including phenoxy) is 1. The van der Waals surface area contributed by atoms with Crippen molar-refractivity contribution in [2.45, 2.75) is 39.2 Å². The van der Waals surface area contributed by atoms with E-state index in [4.69, 9.17) is 4.74 Å². The number of methoxy groups -OCH3 is 1. The monoisotopic (exact) mass is 366 g/mol. The topological polar surface area (TPSA) is 51.5 Å². The van der Waals surface area contributed by atoms with Crippen LogP contribution in [0.4, 0.5) is 0 Å². The molecule has 142 valence electrons. The third-order valence-corrected chi connectivity index (χ3v) is 5.03. The molecule has 27 heavy (non-hydrogen) atoms. The third kappa shape index (κ3) is 3.68. The number of aryl methyl sites for hydroxylation is 1. The SMILES string of the molecule is CCCCC1C=CCN1C(=O)c1c(C)ccn(-c2ccccc2OC)c1=O. The van der Waals surface area contributed by atoms with Crippen molar-refractivity contribution in [3.05, 3.63) is 70.2 Å². The Morgan fingerprint density at radius 2 is 2.04 bits per heavy atom. The molecule has 5 heteroatoms. The first-order valence-electron chi connectivity index (χ1n) is 9.41. The summed E-state index contributed by atoms with van der Waals surface area (Å²) in [7, 11) is 1.57. The minimum Gasteiger partial charge on any atom is -0.495 e. The number of pyridine rings is 1. The van der Waals surface area contributed by atoms with Gasteiger partial charge in [0.25, 0.3) is 11.5 Å². The molecule has 0 spiro atoms. The lowest BCUT2D eigenvalue weighted by atomic mass is 10.1. The summed E-state index contributed by atoms with van der Waals surface area (Å²) < 4.78 is 6.87. The summed E-state index contributed by atoms with van der Waals surface area (Å²) in [6, 6.07) is 9.18. The molecule has 5 nitrogen and oxygen atoms in total. The van der Waals surface area contributed by atoms with E-state index in [2.05, 4.69) is 13.0 Å². The molecule has 1 aromatic carbocycles. The summed E-state index contributed by atoms with van der Waals surface area (Å²) in [5.41, 5.74) is 1.23. The van der Waals surface area contributed by atoms with Crippen LogP contribution < -0.4 is 10.3 Å². The molecule has 2 heterocycles. The third-order valence-electron chi connectivity index (χ3n) is 5.03. The maximum atomic E-state index is 13.2. The number of carbonyl (C=O) groups excluding carboxylic acids is 1. The summed E-state index contributed by atoms with van der Waals surface area (Å²) in [6.07, 6.45) is 8.84. The van der Waals surface area contributed by atoms with Crippen LogP contribution in [0.15, 0.2) is 53.5 Å². The highest BCUT2D eigenvalue weighted by Crippen LogP contribution is 2.23. The van der Waals surface area contributed by atoms with E-state index in [-0.39, 0.29) is 23.1 Å². The van der Waals surface area contributed by atoms with E-state index in [0.717, 1.165) is 19.3 Å². The van der Waals surface area contributed by atoms with Crippen molar-refractivity contribution in [3.63, 3.8) is 0 Å². The average molecular weight is 366 g/mol. The van der Waals surface area contributed by atoms with E-state index in [1.54, 1.807) is 24.3 Å². The first kappa shape index (κ1) is 19.0. The van der Waals surface area contributed by atoms with Crippen molar-refractivity contribution in [2.24, 2.45) is 0 Å². The second kappa shape index (κ2) is 8.25. The number of carbonyl (C=O) groups is 1. The molecule has 1 unspecified atom stereocenters. The van der Waals surface area contributed by atoms with Crippen molar-refractivity contribution in [2.75, 3.05) is 13.7 Å². The highest BCUT2D eigenvalue weighted by molar-refractivity contribution is 5.96. The van der Waals surface area contributed by atoms with Gasteiger partial charge in [0.2, 0.25) is 0 Å². The highest BCUT2D eigenvalue weighted by Gasteiger charge is 2.28. The van der Waals surface area contributed by atoms with Gasteiger partial charge in [-0.3, -0.25) is 14.2 Å². The Bertz CT molecular complexity index is 914. The molecule has 0 fully saturated rings. The zero-order chi connectivity index (χ0) is 19.4. The zero-order valence-corrected chi connectivity index (χ0v) is 16.1. The summed E-state index contributed by atoms with van der Waals surface area (Å²) >= 11 is 0. The van der Waals surface area contributed by atoms with Crippen LogP contribution in [0, 0.1) is 6.92 Å². The van der Waals surface area contributed by atoms with Crippen LogP contribution in [0.3, 0.4) is 0 Å². The molecule has 0 bridgehead atoms. The van der Waals surface area contributed by atoms with Crippen LogP contribution in [-0.4, -0.2) is 35.1 Å². The fraction of sp³-hybridized carbons (Fsp3) is 0.364. The Morgan fingerprint density at radius 3 is 2.78 bits per heavy atom. The molecule has 0 saturated carbocycles. The van der Waals surface area contributed by atoms with E-state index < -0.39 is 0 Å². The van der Waals surface area contributed by atoms with Gasteiger partial charge in [-0.25, -0.2) is 0 Å². The van der Waals surface area contributed by atoms with Crippen molar-refractivity contribution in [3.8, 4) is 11.4 Å². The molecule has 0 saturated heterocycles. The normalized spacial score (nSPS) is 16.0. The molecule has 1 aromatic heterocycles. The van der Waals surface area contributed by atoms with Gasteiger partial charge in [-0.05, 0) is 37.1 Å². The largest absolute Gasteiger partial charge is 0.495 e. The number of benzene rings is 1. The maximum absolute atomic E-state index is 13.2. The molecule has 0 aliphatic carbocycles. The highest BCUT2D eigenvalue weighted by atomic mass is 16.5. The van der Waals surface area contributed by atoms with Gasteiger partial charge in [0.15, 0.2) is 0 Å². The van der Waals surface area contributed by atoms with E-state index >= 15 is 0 Å². The molecule has 1 aliphatic rings. The molecule has 1 atom stereocenters. The second-order valence-corrected chi connectivity index (χ2v) is 6.82. The van der Waals surface area contributed by atoms with E-state index in [1.807, 2.05) is 37.3 Å². The van der Waals surface area contributed by atoms with Crippen LogP contribution in [0.25, 0.3) is 5.69 Å². The summed E-state index contributed by atoms with van der Waals surface area (Å²) in [4.78, 5) is 28.3. The van der Waals surface area contributed by atoms with E-state index in [0.29, 0.717) is 23.5 Å². The lowest BCUT2D eigenvalue weighted by molar-refractivity contribution is 0.0740. The van der Waals surface area contributed by atoms with Crippen LogP contribution in [0.1, 0.15) is 42.1 Å². The van der Waals surface area contributed by atoms with Gasteiger partial charge in [0.05, 0.1) is 18.8 Å². The summed E-state index contributed by atoms with van der Waals surface area (Å²) in [6.45, 7) is 4.50. The lowest BCUT2D eigenvalue weighted by Gasteiger charge is -2.25. The number of hydrogen-bond donors (Lipinski definition) is 0. The summed E-state index contributed by atoms with van der Waals surface area (Å²) in [5, 5.41) is 0. The minimum absolute atomic E-state index is 0.0659. The fourth-order valence-electron chi connectivity index (χ4n) is 3.52. The van der Waals surface area contributed by atoms with Gasteiger partial charge in [0, 0.05) is 12.7 Å². The smallest absolute Gasteiger partial charge is 0.268 e. The number of para-hydroxylation sites is 2. The first-order chi connectivity index (χ1) is 13.1. The molecule has 0 radical (unpaired) electrons. The summed E-state index contributed by atoms with van der Waals surface area (Å²) in [5.74, 6) is 0.387. The molecule has 1 aliphatic heterocycles. The molecular formula is C22H26N2O3. The zero-order valence-electron chi connectivity index (χ0n) is 16.1. The van der Waals surface area contributed by atoms with Crippen molar-refractivity contribution in [1.29, 1.82) is 0 Å². The van der Waals surface area contributed by atoms with Crippen molar-refractivity contribution in [1.82, 2.24) is 9.47 Å². The van der Waals surface area contributed by atoms with Gasteiger partial charge in [-0.15, -0.1) is 0 Å². The number of amides is 1. The average Bonchev–Trinajstić information content (AvgIpc) is 3.15. The Labute approximate surface area is 159 Å². The van der Waals surface area contributed by atoms with Crippen LogP contribution in [0.5, 0.6) is 5.75 Å². The quantitative estimate of drug-likeness (QED) is 0.732. The van der Waals surface area contributed by atoms with Crippen molar-refractivity contribution >= 4 is 5.91 Å².